The molecule has 4 heterocycles. The van der Waals surface area contributed by atoms with Crippen molar-refractivity contribution in [3.63, 3.8) is 0 Å². The minimum atomic E-state index is 0.104. The van der Waals surface area contributed by atoms with E-state index in [0.717, 1.165) is 32.4 Å². The molecule has 136 valence electrons. The van der Waals surface area contributed by atoms with Gasteiger partial charge in [0.25, 0.3) is 0 Å². The van der Waals surface area contributed by atoms with Crippen LogP contribution in [-0.4, -0.2) is 21.8 Å². The van der Waals surface area contributed by atoms with Gasteiger partial charge in [0.2, 0.25) is 0 Å². The van der Waals surface area contributed by atoms with Crippen LogP contribution in [0.25, 0.3) is 10.1 Å². The van der Waals surface area contributed by atoms with Crippen LogP contribution in [0.1, 0.15) is 50.6 Å². The number of fused-ring (bicyclic) bond motifs is 1. The van der Waals surface area contributed by atoms with E-state index in [9.17, 15) is 0 Å². The number of aromatic nitrogens is 2. The Morgan fingerprint density at radius 1 is 1.12 bits per heavy atom. The topological polar surface area (TPSA) is 27.1 Å². The molecule has 26 heavy (non-hydrogen) atoms. The molecule has 4 heteroatoms. The van der Waals surface area contributed by atoms with E-state index in [1.165, 1.54) is 41.5 Å². The number of aryl methyl sites for hydroxylation is 1. The summed E-state index contributed by atoms with van der Waals surface area (Å²) in [5.74, 6) is 0. The number of rotatable bonds is 4. The molecule has 0 bridgehead atoms. The van der Waals surface area contributed by atoms with Crippen LogP contribution in [0.2, 0.25) is 0 Å². The van der Waals surface area contributed by atoms with Gasteiger partial charge in [0.1, 0.15) is 0 Å². The van der Waals surface area contributed by atoms with E-state index in [1.807, 2.05) is 23.6 Å². The molecule has 0 amide bonds. The molecular formula is C22H26N2OS. The highest BCUT2D eigenvalue weighted by Gasteiger charge is 2.48. The molecule has 5 rings (SSSR count). The summed E-state index contributed by atoms with van der Waals surface area (Å²) in [7, 11) is 0. The van der Waals surface area contributed by atoms with Gasteiger partial charge in [0, 0.05) is 48.2 Å². The van der Waals surface area contributed by atoms with Crippen molar-refractivity contribution in [2.75, 3.05) is 6.61 Å². The van der Waals surface area contributed by atoms with Gasteiger partial charge in [-0.2, -0.15) is 0 Å². The van der Waals surface area contributed by atoms with Crippen molar-refractivity contribution in [3.05, 3.63) is 53.9 Å². The quantitative estimate of drug-likeness (QED) is 0.605. The molecule has 1 saturated carbocycles. The van der Waals surface area contributed by atoms with E-state index in [-0.39, 0.29) is 11.0 Å². The van der Waals surface area contributed by atoms with Gasteiger partial charge in [-0.25, -0.2) is 0 Å². The summed E-state index contributed by atoms with van der Waals surface area (Å²) in [4.78, 5) is 4.81. The van der Waals surface area contributed by atoms with Crippen LogP contribution in [0.3, 0.4) is 0 Å². The molecule has 3 aromatic heterocycles. The molecule has 1 unspecified atom stereocenters. The third-order valence-corrected chi connectivity index (χ3v) is 7.40. The zero-order valence-corrected chi connectivity index (χ0v) is 16.0. The molecule has 2 aliphatic rings. The van der Waals surface area contributed by atoms with E-state index in [1.54, 1.807) is 0 Å². The minimum Gasteiger partial charge on any atom is -0.375 e. The lowest BCUT2D eigenvalue weighted by atomic mass is 9.68. The second-order valence-electron chi connectivity index (χ2n) is 8.15. The highest BCUT2D eigenvalue weighted by atomic mass is 32.1. The number of hydrogen-bond acceptors (Lipinski definition) is 3. The van der Waals surface area contributed by atoms with Crippen molar-refractivity contribution < 1.29 is 4.74 Å². The zero-order valence-electron chi connectivity index (χ0n) is 15.2. The van der Waals surface area contributed by atoms with E-state index in [4.69, 9.17) is 9.72 Å². The number of ether oxygens (including phenoxy) is 1. The minimum absolute atomic E-state index is 0.104. The SMILES string of the molecule is c1ccc(C2(CCn3cc4ccsc4c3)CCOC3(CCCC3)C2)nc1. The first-order chi connectivity index (χ1) is 12.8. The molecule has 1 atom stereocenters. The predicted molar refractivity (Wildman–Crippen MR) is 107 cm³/mol. The number of hydrogen-bond donors (Lipinski definition) is 0. The Bertz CT molecular complexity index is 849. The first kappa shape index (κ1) is 16.5. The largest absolute Gasteiger partial charge is 0.375 e. The first-order valence-corrected chi connectivity index (χ1v) is 10.7. The normalized spacial score (nSPS) is 25.2. The Morgan fingerprint density at radius 2 is 2.04 bits per heavy atom. The second kappa shape index (κ2) is 6.50. The standard InChI is InChI=1S/C22H26N2OS/c1-4-11-23-20(5-1)21(10-13-25-22(17-21)7-2-3-8-22)9-12-24-15-18-6-14-26-19(18)16-24/h1,4-6,11,14-16H,2-3,7-10,12-13,17H2. The highest BCUT2D eigenvalue weighted by molar-refractivity contribution is 7.17. The number of pyridine rings is 1. The smallest absolute Gasteiger partial charge is 0.0691 e. The van der Waals surface area contributed by atoms with Crippen LogP contribution in [-0.2, 0) is 16.7 Å². The maximum absolute atomic E-state index is 6.36. The molecule has 0 N–H and O–H groups in total. The fourth-order valence-corrected chi connectivity index (χ4v) is 5.99. The fourth-order valence-electron chi connectivity index (χ4n) is 5.18. The van der Waals surface area contributed by atoms with Gasteiger partial charge >= 0.3 is 0 Å². The van der Waals surface area contributed by atoms with Gasteiger partial charge in [-0.15, -0.1) is 11.3 Å². The monoisotopic (exact) mass is 366 g/mol. The lowest BCUT2D eigenvalue weighted by Crippen LogP contribution is -2.46. The lowest BCUT2D eigenvalue weighted by Gasteiger charge is -2.46. The molecule has 1 aliphatic heterocycles. The average molecular weight is 367 g/mol. The number of thiophene rings is 1. The van der Waals surface area contributed by atoms with Gasteiger partial charge in [-0.05, 0) is 55.7 Å². The van der Waals surface area contributed by atoms with E-state index in [0.29, 0.717) is 0 Å². The van der Waals surface area contributed by atoms with Crippen LogP contribution in [0.4, 0.5) is 0 Å². The van der Waals surface area contributed by atoms with Crippen molar-refractivity contribution in [2.24, 2.45) is 0 Å². The van der Waals surface area contributed by atoms with Crippen LogP contribution >= 0.6 is 11.3 Å². The summed E-state index contributed by atoms with van der Waals surface area (Å²) in [6.07, 6.45) is 15.0. The maximum Gasteiger partial charge on any atom is 0.0691 e. The molecule has 3 aromatic rings. The van der Waals surface area contributed by atoms with E-state index < -0.39 is 0 Å². The van der Waals surface area contributed by atoms with Crippen LogP contribution in [0, 0.1) is 0 Å². The highest BCUT2D eigenvalue weighted by Crippen LogP contribution is 2.49. The molecule has 3 nitrogen and oxygen atoms in total. The van der Waals surface area contributed by atoms with Crippen molar-refractivity contribution in [1.82, 2.24) is 9.55 Å². The molecular weight excluding hydrogens is 340 g/mol. The molecule has 0 radical (unpaired) electrons. The molecule has 2 fully saturated rings. The summed E-state index contributed by atoms with van der Waals surface area (Å²) < 4.78 is 10.1. The Morgan fingerprint density at radius 3 is 2.85 bits per heavy atom. The molecule has 0 aromatic carbocycles. The van der Waals surface area contributed by atoms with Gasteiger partial charge in [-0.1, -0.05) is 18.9 Å². The summed E-state index contributed by atoms with van der Waals surface area (Å²) in [5, 5.41) is 3.54. The zero-order chi connectivity index (χ0) is 17.5. The summed E-state index contributed by atoms with van der Waals surface area (Å²) >= 11 is 1.83. The Hall–Kier alpha value is -1.65. The van der Waals surface area contributed by atoms with Crippen molar-refractivity contribution >= 4 is 21.4 Å². The molecule has 1 saturated heterocycles. The Balaban J connectivity index is 1.44. The van der Waals surface area contributed by atoms with Crippen molar-refractivity contribution in [3.8, 4) is 0 Å². The Labute approximate surface area is 159 Å². The summed E-state index contributed by atoms with van der Waals surface area (Å²) in [6, 6.07) is 8.63. The summed E-state index contributed by atoms with van der Waals surface area (Å²) in [6.45, 7) is 1.92. The fraction of sp³-hybridized carbons (Fsp3) is 0.500. The first-order valence-electron chi connectivity index (χ1n) is 9.86. The Kier molecular flexibility index (Phi) is 4.13. The maximum atomic E-state index is 6.36. The van der Waals surface area contributed by atoms with Crippen molar-refractivity contribution in [2.45, 2.75) is 62.5 Å². The summed E-state index contributed by atoms with van der Waals surface area (Å²) in [5.41, 5.74) is 1.51. The van der Waals surface area contributed by atoms with Crippen LogP contribution < -0.4 is 0 Å². The van der Waals surface area contributed by atoms with Gasteiger partial charge in [0.05, 0.1) is 10.3 Å². The van der Waals surface area contributed by atoms with Crippen LogP contribution in [0.15, 0.2) is 48.2 Å². The molecule has 1 spiro atoms. The second-order valence-corrected chi connectivity index (χ2v) is 9.09. The number of nitrogens with zero attached hydrogens (tertiary/aromatic N) is 2. The lowest BCUT2D eigenvalue weighted by molar-refractivity contribution is -0.105. The third kappa shape index (κ3) is 2.89. The van der Waals surface area contributed by atoms with Gasteiger partial charge in [0.15, 0.2) is 0 Å². The third-order valence-electron chi connectivity index (χ3n) is 6.54. The van der Waals surface area contributed by atoms with Crippen LogP contribution in [0.5, 0.6) is 0 Å². The average Bonchev–Trinajstić information content (AvgIpc) is 3.38. The van der Waals surface area contributed by atoms with Crippen molar-refractivity contribution in [1.29, 1.82) is 0 Å². The van der Waals surface area contributed by atoms with E-state index in [2.05, 4.69) is 40.5 Å². The predicted octanol–water partition coefficient (Wildman–Crippen LogP) is 5.55. The van der Waals surface area contributed by atoms with E-state index >= 15 is 0 Å². The molecule has 1 aliphatic carbocycles. The van der Waals surface area contributed by atoms with Gasteiger partial charge in [-0.3, -0.25) is 4.98 Å². The van der Waals surface area contributed by atoms with Gasteiger partial charge < -0.3 is 9.30 Å².